The molecule has 0 fully saturated rings. The molecular formula is C12H27NO3. The van der Waals surface area contributed by atoms with Crippen molar-refractivity contribution < 1.29 is 14.2 Å². The summed E-state index contributed by atoms with van der Waals surface area (Å²) in [6.45, 7) is 8.85. The molecule has 0 aromatic carbocycles. The van der Waals surface area contributed by atoms with E-state index >= 15 is 0 Å². The molecule has 0 aliphatic heterocycles. The third kappa shape index (κ3) is 11.9. The van der Waals surface area contributed by atoms with Gasteiger partial charge in [-0.05, 0) is 19.9 Å². The summed E-state index contributed by atoms with van der Waals surface area (Å²) in [6, 6.07) is 0. The Labute approximate surface area is 99.6 Å². The SMILES string of the molecule is CCCCNCC(C)OCCOCCOC. The van der Waals surface area contributed by atoms with Gasteiger partial charge in [-0.25, -0.2) is 0 Å². The van der Waals surface area contributed by atoms with Crippen LogP contribution in [0.2, 0.25) is 0 Å². The topological polar surface area (TPSA) is 39.7 Å². The molecule has 0 aliphatic carbocycles. The van der Waals surface area contributed by atoms with Crippen molar-refractivity contribution in [1.29, 1.82) is 0 Å². The Bertz CT molecular complexity index is 133. The van der Waals surface area contributed by atoms with Gasteiger partial charge < -0.3 is 19.5 Å². The fraction of sp³-hybridized carbons (Fsp3) is 1.00. The zero-order chi connectivity index (χ0) is 12.1. The number of hydrogen-bond acceptors (Lipinski definition) is 4. The lowest BCUT2D eigenvalue weighted by molar-refractivity contribution is 0.000131. The number of ether oxygens (including phenoxy) is 3. The van der Waals surface area contributed by atoms with Gasteiger partial charge in [0, 0.05) is 13.7 Å². The van der Waals surface area contributed by atoms with Crippen LogP contribution in [0, 0.1) is 0 Å². The number of methoxy groups -OCH3 is 1. The van der Waals surface area contributed by atoms with Crippen LogP contribution in [0.3, 0.4) is 0 Å². The summed E-state index contributed by atoms with van der Waals surface area (Å²) in [7, 11) is 1.67. The second-order valence-electron chi connectivity index (χ2n) is 3.84. The van der Waals surface area contributed by atoms with Crippen LogP contribution >= 0.6 is 0 Å². The standard InChI is InChI=1S/C12H27NO3/c1-4-5-6-13-11-12(2)16-10-9-15-8-7-14-3/h12-13H,4-11H2,1-3H3. The van der Waals surface area contributed by atoms with E-state index in [1.54, 1.807) is 7.11 Å². The highest BCUT2D eigenvalue weighted by atomic mass is 16.5. The summed E-state index contributed by atoms with van der Waals surface area (Å²) >= 11 is 0. The molecule has 4 heteroatoms. The molecule has 0 saturated heterocycles. The van der Waals surface area contributed by atoms with Gasteiger partial charge in [0.1, 0.15) is 0 Å². The van der Waals surface area contributed by atoms with Crippen molar-refractivity contribution in [2.75, 3.05) is 46.6 Å². The van der Waals surface area contributed by atoms with Gasteiger partial charge in [0.25, 0.3) is 0 Å². The highest BCUT2D eigenvalue weighted by Crippen LogP contribution is 1.90. The van der Waals surface area contributed by atoms with Crippen LogP contribution in [-0.4, -0.2) is 52.7 Å². The molecule has 0 rings (SSSR count). The summed E-state index contributed by atoms with van der Waals surface area (Å²) in [5.74, 6) is 0. The van der Waals surface area contributed by atoms with E-state index in [1.165, 1.54) is 12.8 Å². The van der Waals surface area contributed by atoms with Crippen molar-refractivity contribution in [1.82, 2.24) is 5.32 Å². The van der Waals surface area contributed by atoms with Crippen LogP contribution in [0.1, 0.15) is 26.7 Å². The normalized spacial score (nSPS) is 12.9. The molecule has 4 nitrogen and oxygen atoms in total. The predicted molar refractivity (Wildman–Crippen MR) is 65.9 cm³/mol. The molecule has 0 aliphatic rings. The number of unbranched alkanes of at least 4 members (excludes halogenated alkanes) is 1. The van der Waals surface area contributed by atoms with E-state index in [0.717, 1.165) is 13.1 Å². The second-order valence-corrected chi connectivity index (χ2v) is 3.84. The first-order valence-electron chi connectivity index (χ1n) is 6.20. The summed E-state index contributed by atoms with van der Waals surface area (Å²) in [4.78, 5) is 0. The third-order valence-corrected chi connectivity index (χ3v) is 2.20. The van der Waals surface area contributed by atoms with E-state index < -0.39 is 0 Å². The minimum Gasteiger partial charge on any atom is -0.382 e. The maximum absolute atomic E-state index is 5.57. The summed E-state index contributed by atoms with van der Waals surface area (Å²) in [6.07, 6.45) is 2.71. The Morgan fingerprint density at radius 3 is 2.56 bits per heavy atom. The van der Waals surface area contributed by atoms with Gasteiger partial charge in [-0.2, -0.15) is 0 Å². The van der Waals surface area contributed by atoms with Crippen molar-refractivity contribution in [3.05, 3.63) is 0 Å². The lowest BCUT2D eigenvalue weighted by Crippen LogP contribution is -2.28. The van der Waals surface area contributed by atoms with Crippen LogP contribution in [-0.2, 0) is 14.2 Å². The lowest BCUT2D eigenvalue weighted by Gasteiger charge is -2.13. The fourth-order valence-corrected chi connectivity index (χ4v) is 1.22. The molecule has 0 bridgehead atoms. The van der Waals surface area contributed by atoms with Crippen molar-refractivity contribution >= 4 is 0 Å². The Kier molecular flexibility index (Phi) is 12.8. The smallest absolute Gasteiger partial charge is 0.0704 e. The van der Waals surface area contributed by atoms with E-state index in [-0.39, 0.29) is 6.10 Å². The van der Waals surface area contributed by atoms with Gasteiger partial charge in [0.15, 0.2) is 0 Å². The first-order chi connectivity index (χ1) is 7.81. The van der Waals surface area contributed by atoms with E-state index in [0.29, 0.717) is 26.4 Å². The van der Waals surface area contributed by atoms with E-state index in [2.05, 4.69) is 19.2 Å². The van der Waals surface area contributed by atoms with Crippen molar-refractivity contribution in [3.63, 3.8) is 0 Å². The molecule has 1 atom stereocenters. The largest absolute Gasteiger partial charge is 0.382 e. The molecule has 0 aromatic rings. The van der Waals surface area contributed by atoms with Gasteiger partial charge in [0.05, 0.1) is 32.5 Å². The predicted octanol–water partition coefficient (Wildman–Crippen LogP) is 1.44. The quantitative estimate of drug-likeness (QED) is 0.518. The molecule has 0 radical (unpaired) electrons. The van der Waals surface area contributed by atoms with E-state index in [9.17, 15) is 0 Å². The van der Waals surface area contributed by atoms with Gasteiger partial charge in [-0.1, -0.05) is 13.3 Å². The highest BCUT2D eigenvalue weighted by Gasteiger charge is 2.00. The van der Waals surface area contributed by atoms with Gasteiger partial charge in [0.2, 0.25) is 0 Å². The lowest BCUT2D eigenvalue weighted by atomic mass is 10.3. The molecular weight excluding hydrogens is 206 g/mol. The maximum atomic E-state index is 5.57. The van der Waals surface area contributed by atoms with Gasteiger partial charge >= 0.3 is 0 Å². The summed E-state index contributed by atoms with van der Waals surface area (Å²) in [5.41, 5.74) is 0. The molecule has 98 valence electrons. The number of rotatable bonds is 12. The van der Waals surface area contributed by atoms with Crippen molar-refractivity contribution in [2.24, 2.45) is 0 Å². The van der Waals surface area contributed by atoms with Crippen LogP contribution < -0.4 is 5.32 Å². The Morgan fingerprint density at radius 1 is 1.12 bits per heavy atom. The average Bonchev–Trinajstić information content (AvgIpc) is 2.29. The zero-order valence-electron chi connectivity index (χ0n) is 11.0. The van der Waals surface area contributed by atoms with Crippen LogP contribution in [0.15, 0.2) is 0 Å². The molecule has 1 N–H and O–H groups in total. The molecule has 0 saturated carbocycles. The zero-order valence-corrected chi connectivity index (χ0v) is 11.0. The maximum Gasteiger partial charge on any atom is 0.0704 e. The monoisotopic (exact) mass is 233 g/mol. The molecule has 1 unspecified atom stereocenters. The van der Waals surface area contributed by atoms with Crippen molar-refractivity contribution in [2.45, 2.75) is 32.8 Å². The first kappa shape index (κ1) is 15.8. The molecule has 0 aromatic heterocycles. The number of hydrogen-bond donors (Lipinski definition) is 1. The minimum absolute atomic E-state index is 0.253. The molecule has 0 amide bonds. The molecule has 0 heterocycles. The summed E-state index contributed by atoms with van der Waals surface area (Å²) in [5, 5.41) is 3.36. The Morgan fingerprint density at radius 2 is 1.88 bits per heavy atom. The Balaban J connectivity index is 3.08. The highest BCUT2D eigenvalue weighted by molar-refractivity contribution is 4.55. The fourth-order valence-electron chi connectivity index (χ4n) is 1.22. The molecule has 0 spiro atoms. The van der Waals surface area contributed by atoms with Gasteiger partial charge in [-0.3, -0.25) is 0 Å². The van der Waals surface area contributed by atoms with Crippen LogP contribution in [0.4, 0.5) is 0 Å². The van der Waals surface area contributed by atoms with Gasteiger partial charge in [-0.15, -0.1) is 0 Å². The minimum atomic E-state index is 0.253. The van der Waals surface area contributed by atoms with E-state index in [1.807, 2.05) is 0 Å². The van der Waals surface area contributed by atoms with Crippen LogP contribution in [0.25, 0.3) is 0 Å². The summed E-state index contributed by atoms with van der Waals surface area (Å²) < 4.78 is 15.7. The van der Waals surface area contributed by atoms with Crippen molar-refractivity contribution in [3.8, 4) is 0 Å². The Hall–Kier alpha value is -0.160. The number of nitrogens with one attached hydrogen (secondary N) is 1. The second kappa shape index (κ2) is 12.9. The average molecular weight is 233 g/mol. The first-order valence-corrected chi connectivity index (χ1v) is 6.20. The van der Waals surface area contributed by atoms with Crippen LogP contribution in [0.5, 0.6) is 0 Å². The molecule has 16 heavy (non-hydrogen) atoms. The van der Waals surface area contributed by atoms with E-state index in [4.69, 9.17) is 14.2 Å². The third-order valence-electron chi connectivity index (χ3n) is 2.20.